The van der Waals surface area contributed by atoms with Crippen molar-refractivity contribution < 1.29 is 9.47 Å². The summed E-state index contributed by atoms with van der Waals surface area (Å²) in [4.78, 5) is 2.21. The second-order valence-corrected chi connectivity index (χ2v) is 5.26. The van der Waals surface area contributed by atoms with Crippen LogP contribution in [0.3, 0.4) is 0 Å². The Morgan fingerprint density at radius 3 is 2.61 bits per heavy atom. The minimum absolute atomic E-state index is 0.347. The predicted octanol–water partition coefficient (Wildman–Crippen LogP) is 2.80. The molecule has 3 heteroatoms. The molecule has 1 atom stereocenters. The van der Waals surface area contributed by atoms with Gasteiger partial charge < -0.3 is 14.4 Å². The van der Waals surface area contributed by atoms with Gasteiger partial charge in [-0.05, 0) is 51.4 Å². The van der Waals surface area contributed by atoms with Gasteiger partial charge in [0.05, 0.1) is 7.11 Å². The average molecular weight is 249 g/mol. The highest BCUT2D eigenvalue weighted by atomic mass is 16.5. The standard InChI is InChI=1S/C15H23NO2/c1-16(2)10-9-15(12-7-8-12)18-14-6-4-5-13(11-14)17-3/h4-6,11-12,15H,7-10H2,1-3H3. The zero-order chi connectivity index (χ0) is 13.0. The lowest BCUT2D eigenvalue weighted by Gasteiger charge is -2.21. The minimum Gasteiger partial charge on any atom is -0.497 e. The molecule has 0 aliphatic heterocycles. The molecule has 1 aromatic carbocycles. The first-order chi connectivity index (χ1) is 8.69. The third-order valence-electron chi connectivity index (χ3n) is 3.34. The fourth-order valence-electron chi connectivity index (χ4n) is 2.09. The van der Waals surface area contributed by atoms with Gasteiger partial charge in [0.15, 0.2) is 0 Å². The van der Waals surface area contributed by atoms with Crippen molar-refractivity contribution in [1.82, 2.24) is 4.90 Å². The second kappa shape index (κ2) is 6.10. The van der Waals surface area contributed by atoms with Gasteiger partial charge in [0, 0.05) is 12.6 Å². The third-order valence-corrected chi connectivity index (χ3v) is 3.34. The van der Waals surface area contributed by atoms with Gasteiger partial charge in [-0.15, -0.1) is 0 Å². The SMILES string of the molecule is COc1cccc(OC(CCN(C)C)C2CC2)c1. The van der Waals surface area contributed by atoms with Gasteiger partial charge in [-0.2, -0.15) is 0 Å². The fraction of sp³-hybridized carbons (Fsp3) is 0.600. The van der Waals surface area contributed by atoms with E-state index < -0.39 is 0 Å². The monoisotopic (exact) mass is 249 g/mol. The normalized spacial score (nSPS) is 16.7. The van der Waals surface area contributed by atoms with Crippen molar-refractivity contribution in [2.75, 3.05) is 27.7 Å². The van der Waals surface area contributed by atoms with E-state index in [1.54, 1.807) is 7.11 Å². The Balaban J connectivity index is 1.94. The summed E-state index contributed by atoms with van der Waals surface area (Å²) in [6, 6.07) is 7.89. The number of hydrogen-bond acceptors (Lipinski definition) is 3. The van der Waals surface area contributed by atoms with Crippen LogP contribution >= 0.6 is 0 Å². The molecule has 100 valence electrons. The molecule has 0 amide bonds. The van der Waals surface area contributed by atoms with Crippen LogP contribution in [0.4, 0.5) is 0 Å². The number of nitrogens with zero attached hydrogens (tertiary/aromatic N) is 1. The highest BCUT2D eigenvalue weighted by Gasteiger charge is 2.32. The molecule has 1 saturated carbocycles. The van der Waals surface area contributed by atoms with Gasteiger partial charge >= 0.3 is 0 Å². The van der Waals surface area contributed by atoms with Gasteiger partial charge in [0.2, 0.25) is 0 Å². The van der Waals surface area contributed by atoms with E-state index in [0.29, 0.717) is 6.10 Å². The number of benzene rings is 1. The fourth-order valence-corrected chi connectivity index (χ4v) is 2.09. The summed E-state index contributed by atoms with van der Waals surface area (Å²) < 4.78 is 11.3. The van der Waals surface area contributed by atoms with Gasteiger partial charge in [0.25, 0.3) is 0 Å². The lowest BCUT2D eigenvalue weighted by molar-refractivity contribution is 0.155. The van der Waals surface area contributed by atoms with E-state index in [4.69, 9.17) is 9.47 Å². The summed E-state index contributed by atoms with van der Waals surface area (Å²) in [7, 11) is 5.90. The van der Waals surface area contributed by atoms with E-state index >= 15 is 0 Å². The summed E-state index contributed by atoms with van der Waals surface area (Å²) in [5.41, 5.74) is 0. The van der Waals surface area contributed by atoms with E-state index in [1.165, 1.54) is 12.8 Å². The maximum atomic E-state index is 6.12. The summed E-state index contributed by atoms with van der Waals surface area (Å²) in [6.45, 7) is 1.07. The largest absolute Gasteiger partial charge is 0.497 e. The molecule has 0 aromatic heterocycles. The minimum atomic E-state index is 0.347. The molecule has 0 saturated heterocycles. The highest BCUT2D eigenvalue weighted by Crippen LogP contribution is 2.36. The summed E-state index contributed by atoms with van der Waals surface area (Å²) in [6.07, 6.45) is 4.05. The average Bonchev–Trinajstić information content (AvgIpc) is 3.18. The first-order valence-corrected chi connectivity index (χ1v) is 6.64. The molecule has 1 aliphatic rings. The maximum absolute atomic E-state index is 6.12. The van der Waals surface area contributed by atoms with Gasteiger partial charge in [-0.25, -0.2) is 0 Å². The van der Waals surface area contributed by atoms with Crippen molar-refractivity contribution in [3.8, 4) is 11.5 Å². The van der Waals surface area contributed by atoms with Crippen molar-refractivity contribution in [2.45, 2.75) is 25.4 Å². The Kier molecular flexibility index (Phi) is 4.48. The Bertz CT molecular complexity index is 375. The molecule has 0 N–H and O–H groups in total. The molecular weight excluding hydrogens is 226 g/mol. The summed E-state index contributed by atoms with van der Waals surface area (Å²) in [5.74, 6) is 2.52. The molecule has 18 heavy (non-hydrogen) atoms. The van der Waals surface area contributed by atoms with Crippen LogP contribution < -0.4 is 9.47 Å². The van der Waals surface area contributed by atoms with Crippen molar-refractivity contribution >= 4 is 0 Å². The van der Waals surface area contributed by atoms with E-state index in [-0.39, 0.29) is 0 Å². The van der Waals surface area contributed by atoms with E-state index in [2.05, 4.69) is 19.0 Å². The quantitative estimate of drug-likeness (QED) is 0.741. The molecule has 1 aliphatic carbocycles. The highest BCUT2D eigenvalue weighted by molar-refractivity contribution is 5.33. The summed E-state index contributed by atoms with van der Waals surface area (Å²) >= 11 is 0. The lowest BCUT2D eigenvalue weighted by atomic mass is 10.1. The molecular formula is C15H23NO2. The van der Waals surface area contributed by atoms with Gasteiger partial charge in [-0.1, -0.05) is 6.07 Å². The van der Waals surface area contributed by atoms with Crippen LogP contribution in [0.1, 0.15) is 19.3 Å². The second-order valence-electron chi connectivity index (χ2n) is 5.26. The van der Waals surface area contributed by atoms with Gasteiger partial charge in [0.1, 0.15) is 17.6 Å². The lowest BCUT2D eigenvalue weighted by Crippen LogP contribution is -2.25. The molecule has 2 rings (SSSR count). The number of methoxy groups -OCH3 is 1. The van der Waals surface area contributed by atoms with Gasteiger partial charge in [-0.3, -0.25) is 0 Å². The predicted molar refractivity (Wildman–Crippen MR) is 73.3 cm³/mol. The Hall–Kier alpha value is -1.22. The maximum Gasteiger partial charge on any atom is 0.123 e. The van der Waals surface area contributed by atoms with Crippen LogP contribution in [-0.4, -0.2) is 38.8 Å². The summed E-state index contributed by atoms with van der Waals surface area (Å²) in [5, 5.41) is 0. The molecule has 0 spiro atoms. The molecule has 1 unspecified atom stereocenters. The Labute approximate surface area is 110 Å². The molecule has 0 bridgehead atoms. The number of rotatable bonds is 7. The molecule has 1 aromatic rings. The van der Waals surface area contributed by atoms with Crippen molar-refractivity contribution in [2.24, 2.45) is 5.92 Å². The smallest absolute Gasteiger partial charge is 0.123 e. The van der Waals surface area contributed by atoms with Crippen LogP contribution in [0, 0.1) is 5.92 Å². The van der Waals surface area contributed by atoms with Crippen LogP contribution in [0.2, 0.25) is 0 Å². The first kappa shape index (κ1) is 13.2. The van der Waals surface area contributed by atoms with Crippen LogP contribution in [-0.2, 0) is 0 Å². The van der Waals surface area contributed by atoms with E-state index in [9.17, 15) is 0 Å². The molecule has 1 fully saturated rings. The molecule has 0 heterocycles. The zero-order valence-corrected chi connectivity index (χ0v) is 11.6. The Morgan fingerprint density at radius 1 is 1.28 bits per heavy atom. The topological polar surface area (TPSA) is 21.7 Å². The molecule has 0 radical (unpaired) electrons. The zero-order valence-electron chi connectivity index (χ0n) is 11.6. The van der Waals surface area contributed by atoms with Crippen molar-refractivity contribution in [3.05, 3.63) is 24.3 Å². The van der Waals surface area contributed by atoms with Crippen LogP contribution in [0.15, 0.2) is 24.3 Å². The van der Waals surface area contributed by atoms with Crippen LogP contribution in [0.5, 0.6) is 11.5 Å². The Morgan fingerprint density at radius 2 is 2.00 bits per heavy atom. The number of hydrogen-bond donors (Lipinski definition) is 0. The number of ether oxygens (including phenoxy) is 2. The van der Waals surface area contributed by atoms with Crippen molar-refractivity contribution in [1.29, 1.82) is 0 Å². The van der Waals surface area contributed by atoms with Crippen LogP contribution in [0.25, 0.3) is 0 Å². The third kappa shape index (κ3) is 3.91. The van der Waals surface area contributed by atoms with Crippen molar-refractivity contribution in [3.63, 3.8) is 0 Å². The van der Waals surface area contributed by atoms with E-state index in [1.807, 2.05) is 24.3 Å². The first-order valence-electron chi connectivity index (χ1n) is 6.64. The molecule has 3 nitrogen and oxygen atoms in total. The van der Waals surface area contributed by atoms with E-state index in [0.717, 1.165) is 30.4 Å².